The molecular weight excluding hydrogens is 206 g/mol. The molecule has 17 heavy (non-hydrogen) atoms. The monoisotopic (exact) mass is 223 g/mol. The van der Waals surface area contributed by atoms with Gasteiger partial charge in [-0.05, 0) is 30.5 Å². The lowest BCUT2D eigenvalue weighted by Crippen LogP contribution is -2.21. The van der Waals surface area contributed by atoms with Crippen LogP contribution in [0.1, 0.15) is 22.6 Å². The van der Waals surface area contributed by atoms with Gasteiger partial charge in [0.1, 0.15) is 0 Å². The zero-order valence-electron chi connectivity index (χ0n) is 10.1. The van der Waals surface area contributed by atoms with Crippen molar-refractivity contribution < 1.29 is 0 Å². The van der Waals surface area contributed by atoms with Crippen LogP contribution in [0, 0.1) is 6.92 Å². The number of nitrogens with one attached hydrogen (secondary N) is 1. The van der Waals surface area contributed by atoms with Crippen molar-refractivity contribution in [1.82, 2.24) is 0 Å². The first-order valence-electron chi connectivity index (χ1n) is 6.21. The molecule has 0 aliphatic carbocycles. The Bertz CT molecular complexity index is 513. The zero-order valence-corrected chi connectivity index (χ0v) is 10.1. The van der Waals surface area contributed by atoms with Crippen molar-refractivity contribution in [3.8, 4) is 0 Å². The second-order valence-corrected chi connectivity index (χ2v) is 4.85. The lowest BCUT2D eigenvalue weighted by molar-refractivity contribution is 0.695. The second-order valence-electron chi connectivity index (χ2n) is 4.85. The fourth-order valence-corrected chi connectivity index (χ4v) is 2.52. The molecule has 2 aromatic rings. The molecule has 0 saturated carbocycles. The minimum absolute atomic E-state index is 0.602. The van der Waals surface area contributed by atoms with Crippen molar-refractivity contribution in [2.24, 2.45) is 0 Å². The molecule has 0 bridgehead atoms. The van der Waals surface area contributed by atoms with Crippen molar-refractivity contribution in [1.29, 1.82) is 0 Å². The van der Waals surface area contributed by atoms with Crippen LogP contribution in [0.3, 0.4) is 0 Å². The van der Waals surface area contributed by atoms with Crippen LogP contribution in [0.5, 0.6) is 0 Å². The molecule has 0 aromatic heterocycles. The summed E-state index contributed by atoms with van der Waals surface area (Å²) in [6, 6.07) is 17.5. The van der Waals surface area contributed by atoms with Gasteiger partial charge in [-0.2, -0.15) is 0 Å². The van der Waals surface area contributed by atoms with Crippen LogP contribution in [-0.2, 0) is 6.42 Å². The normalized spacial score (nSPS) is 18.3. The predicted molar refractivity (Wildman–Crippen MR) is 72.6 cm³/mol. The first kappa shape index (κ1) is 10.4. The molecular formula is C16H17N. The Morgan fingerprint density at radius 2 is 1.76 bits per heavy atom. The Kier molecular flexibility index (Phi) is 2.60. The van der Waals surface area contributed by atoms with E-state index >= 15 is 0 Å². The summed E-state index contributed by atoms with van der Waals surface area (Å²) in [6.07, 6.45) is 1.15. The van der Waals surface area contributed by atoms with Gasteiger partial charge in [-0.3, -0.25) is 0 Å². The van der Waals surface area contributed by atoms with Crippen molar-refractivity contribution >= 4 is 5.69 Å². The first-order chi connectivity index (χ1) is 8.33. The zero-order chi connectivity index (χ0) is 11.7. The van der Waals surface area contributed by atoms with Crippen LogP contribution in [0.25, 0.3) is 0 Å². The van der Waals surface area contributed by atoms with Crippen LogP contribution >= 0.6 is 0 Å². The molecule has 1 unspecified atom stereocenters. The molecule has 2 aromatic carbocycles. The van der Waals surface area contributed by atoms with Gasteiger partial charge in [0, 0.05) is 18.2 Å². The lowest BCUT2D eigenvalue weighted by atomic mass is 9.88. The number of benzene rings is 2. The van der Waals surface area contributed by atoms with E-state index in [2.05, 4.69) is 60.8 Å². The molecule has 86 valence electrons. The highest BCUT2D eigenvalue weighted by atomic mass is 14.9. The average Bonchev–Trinajstić information content (AvgIpc) is 2.39. The minimum Gasteiger partial charge on any atom is -0.384 e. The van der Waals surface area contributed by atoms with E-state index < -0.39 is 0 Å². The first-order valence-corrected chi connectivity index (χ1v) is 6.21. The molecule has 1 aliphatic rings. The predicted octanol–water partition coefficient (Wildman–Crippen LogP) is 3.75. The number of rotatable bonds is 1. The number of hydrogen-bond acceptors (Lipinski definition) is 1. The van der Waals surface area contributed by atoms with E-state index in [0.29, 0.717) is 5.92 Å². The molecule has 0 amide bonds. The van der Waals surface area contributed by atoms with E-state index in [1.165, 1.54) is 22.4 Å². The summed E-state index contributed by atoms with van der Waals surface area (Å²) in [5.74, 6) is 0.602. The van der Waals surface area contributed by atoms with E-state index in [-0.39, 0.29) is 0 Å². The Balaban J connectivity index is 1.86. The van der Waals surface area contributed by atoms with E-state index in [0.717, 1.165) is 13.0 Å². The maximum absolute atomic E-state index is 3.53. The van der Waals surface area contributed by atoms with Gasteiger partial charge >= 0.3 is 0 Å². The molecule has 1 aliphatic heterocycles. The molecule has 1 atom stereocenters. The molecule has 3 rings (SSSR count). The van der Waals surface area contributed by atoms with Crippen LogP contribution in [0.2, 0.25) is 0 Å². The maximum atomic E-state index is 3.53. The van der Waals surface area contributed by atoms with Crippen LogP contribution in [-0.4, -0.2) is 6.54 Å². The van der Waals surface area contributed by atoms with Gasteiger partial charge in [-0.15, -0.1) is 0 Å². The summed E-state index contributed by atoms with van der Waals surface area (Å²) in [7, 11) is 0. The van der Waals surface area contributed by atoms with E-state index in [4.69, 9.17) is 0 Å². The summed E-state index contributed by atoms with van der Waals surface area (Å²) >= 11 is 0. The number of anilines is 1. The molecule has 0 saturated heterocycles. The van der Waals surface area contributed by atoms with E-state index in [9.17, 15) is 0 Å². The number of hydrogen-bond donors (Lipinski definition) is 1. The fourth-order valence-electron chi connectivity index (χ4n) is 2.52. The standard InChI is InChI=1S/C16H17N/c1-12-6-8-13(9-7-12)15-10-14-4-2-3-5-16(14)17-11-15/h2-9,15,17H,10-11H2,1H3. The van der Waals surface area contributed by atoms with Gasteiger partial charge in [0.15, 0.2) is 0 Å². The molecule has 0 spiro atoms. The summed E-state index contributed by atoms with van der Waals surface area (Å²) < 4.78 is 0. The number of para-hydroxylation sites is 1. The maximum Gasteiger partial charge on any atom is 0.0373 e. The molecule has 0 radical (unpaired) electrons. The fraction of sp³-hybridized carbons (Fsp3) is 0.250. The van der Waals surface area contributed by atoms with Crippen LogP contribution in [0.4, 0.5) is 5.69 Å². The van der Waals surface area contributed by atoms with Gasteiger partial charge in [0.25, 0.3) is 0 Å². The van der Waals surface area contributed by atoms with Crippen molar-refractivity contribution in [3.05, 3.63) is 65.2 Å². The second kappa shape index (κ2) is 4.25. The van der Waals surface area contributed by atoms with Crippen molar-refractivity contribution in [2.75, 3.05) is 11.9 Å². The lowest BCUT2D eigenvalue weighted by Gasteiger charge is -2.26. The Hall–Kier alpha value is -1.76. The molecule has 1 nitrogen and oxygen atoms in total. The number of fused-ring (bicyclic) bond motifs is 1. The van der Waals surface area contributed by atoms with Crippen molar-refractivity contribution in [2.45, 2.75) is 19.3 Å². The van der Waals surface area contributed by atoms with Gasteiger partial charge in [0.2, 0.25) is 0 Å². The smallest absolute Gasteiger partial charge is 0.0373 e. The minimum atomic E-state index is 0.602. The van der Waals surface area contributed by atoms with Gasteiger partial charge in [-0.1, -0.05) is 48.0 Å². The van der Waals surface area contributed by atoms with Gasteiger partial charge < -0.3 is 5.32 Å². The summed E-state index contributed by atoms with van der Waals surface area (Å²) in [5.41, 5.74) is 5.51. The molecule has 0 fully saturated rings. The highest BCUT2D eigenvalue weighted by Gasteiger charge is 2.18. The van der Waals surface area contributed by atoms with Crippen molar-refractivity contribution in [3.63, 3.8) is 0 Å². The largest absolute Gasteiger partial charge is 0.384 e. The summed E-state index contributed by atoms with van der Waals surface area (Å²) in [6.45, 7) is 3.18. The Morgan fingerprint density at radius 1 is 1.00 bits per heavy atom. The topological polar surface area (TPSA) is 12.0 Å². The van der Waals surface area contributed by atoms with Crippen LogP contribution < -0.4 is 5.32 Å². The molecule has 1 N–H and O–H groups in total. The van der Waals surface area contributed by atoms with Gasteiger partial charge in [-0.25, -0.2) is 0 Å². The molecule has 1 heteroatoms. The highest BCUT2D eigenvalue weighted by Crippen LogP contribution is 2.30. The van der Waals surface area contributed by atoms with E-state index in [1.807, 2.05) is 0 Å². The van der Waals surface area contributed by atoms with Crippen LogP contribution in [0.15, 0.2) is 48.5 Å². The SMILES string of the molecule is Cc1ccc(C2CNc3ccccc3C2)cc1. The Labute approximate surface area is 102 Å². The summed E-state index contributed by atoms with van der Waals surface area (Å²) in [4.78, 5) is 0. The third kappa shape index (κ3) is 2.05. The quantitative estimate of drug-likeness (QED) is 0.776. The molecule has 1 heterocycles. The summed E-state index contributed by atoms with van der Waals surface area (Å²) in [5, 5.41) is 3.53. The Morgan fingerprint density at radius 3 is 2.59 bits per heavy atom. The number of aryl methyl sites for hydroxylation is 1. The average molecular weight is 223 g/mol. The third-order valence-corrected chi connectivity index (χ3v) is 3.57. The van der Waals surface area contributed by atoms with E-state index in [1.54, 1.807) is 0 Å². The third-order valence-electron chi connectivity index (χ3n) is 3.57. The van der Waals surface area contributed by atoms with Gasteiger partial charge in [0.05, 0.1) is 0 Å². The highest BCUT2D eigenvalue weighted by molar-refractivity contribution is 5.54.